The summed E-state index contributed by atoms with van der Waals surface area (Å²) in [6, 6.07) is 25.3. The quantitative estimate of drug-likeness (QED) is 0.302. The molecule has 1 fully saturated rings. The number of rotatable bonds is 12. The van der Waals surface area contributed by atoms with Crippen LogP contribution in [0.2, 0.25) is 0 Å². The molecule has 1 saturated heterocycles. The van der Waals surface area contributed by atoms with Crippen LogP contribution in [0.5, 0.6) is 0 Å². The van der Waals surface area contributed by atoms with Gasteiger partial charge in [0.25, 0.3) is 0 Å². The smallest absolute Gasteiger partial charge is 0.429 e. The van der Waals surface area contributed by atoms with Crippen molar-refractivity contribution in [3.05, 3.63) is 96.4 Å². The Balaban J connectivity index is 1.31. The van der Waals surface area contributed by atoms with Crippen LogP contribution < -0.4 is 21.4 Å². The molecule has 1 aliphatic heterocycles. The number of hydrazine groups is 1. The normalized spacial score (nSPS) is 13.4. The van der Waals surface area contributed by atoms with Gasteiger partial charge in [-0.05, 0) is 42.0 Å². The van der Waals surface area contributed by atoms with Crippen LogP contribution in [0.4, 0.5) is 10.5 Å². The van der Waals surface area contributed by atoms with Gasteiger partial charge in [0.05, 0.1) is 25.2 Å². The van der Waals surface area contributed by atoms with Crippen LogP contribution >= 0.6 is 0 Å². The Morgan fingerprint density at radius 3 is 2.27 bits per heavy atom. The number of nitrogens with one attached hydrogen (secondary N) is 2. The first-order valence-corrected chi connectivity index (χ1v) is 13.5. The highest BCUT2D eigenvalue weighted by Crippen LogP contribution is 2.33. The van der Waals surface area contributed by atoms with Crippen molar-refractivity contribution in [2.24, 2.45) is 5.73 Å². The minimum absolute atomic E-state index is 0.0546. The SMILES string of the molecule is NC(=O)CNCc1ccc(CC(=O)NCCOC(=O)N(c2ccccc2-c2ccccc2)N2CC[CH]CC2)cc1. The van der Waals surface area contributed by atoms with Crippen molar-refractivity contribution in [2.75, 3.05) is 37.8 Å². The molecule has 4 N–H and O–H groups in total. The monoisotopic (exact) mass is 542 g/mol. The summed E-state index contributed by atoms with van der Waals surface area (Å²) in [5.74, 6) is -0.567. The van der Waals surface area contributed by atoms with Gasteiger partial charge in [0.15, 0.2) is 0 Å². The lowest BCUT2D eigenvalue weighted by atomic mass is 10.0. The van der Waals surface area contributed by atoms with E-state index in [1.165, 1.54) is 0 Å². The highest BCUT2D eigenvalue weighted by atomic mass is 16.6. The van der Waals surface area contributed by atoms with E-state index >= 15 is 0 Å². The first-order valence-electron chi connectivity index (χ1n) is 13.5. The van der Waals surface area contributed by atoms with E-state index in [0.29, 0.717) is 6.54 Å². The molecule has 0 saturated carbocycles. The lowest BCUT2D eigenvalue weighted by Crippen LogP contribution is -2.50. The number of hydrogen-bond acceptors (Lipinski definition) is 6. The highest BCUT2D eigenvalue weighted by Gasteiger charge is 2.28. The van der Waals surface area contributed by atoms with Crippen molar-refractivity contribution in [1.29, 1.82) is 0 Å². The molecule has 0 atom stereocenters. The molecule has 0 spiro atoms. The van der Waals surface area contributed by atoms with Gasteiger partial charge in [-0.15, -0.1) is 0 Å². The second-order valence-electron chi connectivity index (χ2n) is 9.54. The summed E-state index contributed by atoms with van der Waals surface area (Å²) < 4.78 is 5.65. The van der Waals surface area contributed by atoms with Crippen molar-refractivity contribution in [1.82, 2.24) is 15.6 Å². The largest absolute Gasteiger partial charge is 0.446 e. The van der Waals surface area contributed by atoms with E-state index in [9.17, 15) is 14.4 Å². The fourth-order valence-corrected chi connectivity index (χ4v) is 4.57. The Labute approximate surface area is 235 Å². The standard InChI is InChI=1S/C31H36N5O4/c32-29(37)23-33-22-25-15-13-24(14-16-25)21-30(38)34-17-20-40-31(39)36(35-18-7-2-8-19-35)28-12-6-5-11-27(28)26-9-3-1-4-10-26/h1-6,9-16,33H,7-8,17-23H2,(H2,32,37)(H,34,38). The van der Waals surface area contributed by atoms with Crippen LogP contribution in [0, 0.1) is 6.42 Å². The average molecular weight is 543 g/mol. The maximum atomic E-state index is 13.4. The Morgan fingerprint density at radius 2 is 1.55 bits per heavy atom. The van der Waals surface area contributed by atoms with Crippen molar-refractivity contribution in [3.8, 4) is 11.1 Å². The van der Waals surface area contributed by atoms with E-state index in [-0.39, 0.29) is 32.0 Å². The Bertz CT molecular complexity index is 1260. The van der Waals surface area contributed by atoms with Gasteiger partial charge in [0.2, 0.25) is 11.8 Å². The second kappa shape index (κ2) is 14.8. The molecule has 40 heavy (non-hydrogen) atoms. The molecule has 3 aromatic rings. The molecule has 4 rings (SSSR count). The fraction of sp³-hybridized carbons (Fsp3) is 0.290. The number of piperidine rings is 1. The Morgan fingerprint density at radius 1 is 0.875 bits per heavy atom. The van der Waals surface area contributed by atoms with Crippen molar-refractivity contribution < 1.29 is 19.1 Å². The zero-order valence-corrected chi connectivity index (χ0v) is 22.6. The van der Waals surface area contributed by atoms with Crippen LogP contribution in [0.15, 0.2) is 78.9 Å². The number of primary amides is 1. The molecular weight excluding hydrogens is 506 g/mol. The van der Waals surface area contributed by atoms with E-state index in [1.807, 2.05) is 83.9 Å². The third kappa shape index (κ3) is 8.39. The maximum Gasteiger partial charge on any atom is 0.429 e. The van der Waals surface area contributed by atoms with E-state index in [2.05, 4.69) is 17.1 Å². The minimum Gasteiger partial charge on any atom is -0.446 e. The average Bonchev–Trinajstić information content (AvgIpc) is 2.97. The number of carbonyl (C=O) groups excluding carboxylic acids is 3. The van der Waals surface area contributed by atoms with Gasteiger partial charge in [0.1, 0.15) is 6.61 Å². The third-order valence-corrected chi connectivity index (χ3v) is 6.52. The number of nitrogens with two attached hydrogens (primary N) is 1. The first-order chi connectivity index (χ1) is 19.5. The second-order valence-corrected chi connectivity index (χ2v) is 9.54. The summed E-state index contributed by atoms with van der Waals surface area (Å²) in [6.07, 6.45) is 3.74. The molecular formula is C31H36N5O4. The predicted octanol–water partition coefficient (Wildman–Crippen LogP) is 3.45. The van der Waals surface area contributed by atoms with Crippen molar-refractivity contribution >= 4 is 23.6 Å². The van der Waals surface area contributed by atoms with Gasteiger partial charge in [-0.3, -0.25) is 9.59 Å². The molecule has 3 aromatic carbocycles. The van der Waals surface area contributed by atoms with Crippen molar-refractivity contribution in [2.45, 2.75) is 25.8 Å². The number of para-hydroxylation sites is 1. The van der Waals surface area contributed by atoms with Gasteiger partial charge in [-0.1, -0.05) is 72.8 Å². The zero-order chi connectivity index (χ0) is 28.2. The maximum absolute atomic E-state index is 13.4. The molecule has 1 heterocycles. The number of benzene rings is 3. The van der Waals surface area contributed by atoms with Gasteiger partial charge in [-0.25, -0.2) is 14.8 Å². The minimum atomic E-state index is -0.472. The first kappa shape index (κ1) is 28.8. The molecule has 9 nitrogen and oxygen atoms in total. The fourth-order valence-electron chi connectivity index (χ4n) is 4.57. The molecule has 0 bridgehead atoms. The van der Waals surface area contributed by atoms with E-state index in [4.69, 9.17) is 10.5 Å². The molecule has 0 aliphatic carbocycles. The predicted molar refractivity (Wildman–Crippen MR) is 155 cm³/mol. The molecule has 0 aromatic heterocycles. The molecule has 209 valence electrons. The molecule has 9 heteroatoms. The van der Waals surface area contributed by atoms with Gasteiger partial charge in [0, 0.05) is 25.2 Å². The molecule has 3 amide bonds. The lowest BCUT2D eigenvalue weighted by Gasteiger charge is -2.37. The summed E-state index contributed by atoms with van der Waals surface area (Å²) in [7, 11) is 0. The Hall–Kier alpha value is -4.21. The Kier molecular flexibility index (Phi) is 10.7. The summed E-state index contributed by atoms with van der Waals surface area (Å²) in [5, 5.41) is 9.44. The number of ether oxygens (including phenoxy) is 1. The van der Waals surface area contributed by atoms with Crippen molar-refractivity contribution in [3.63, 3.8) is 0 Å². The van der Waals surface area contributed by atoms with E-state index in [1.54, 1.807) is 5.01 Å². The molecule has 1 aliphatic rings. The van der Waals surface area contributed by atoms with Crippen LogP contribution in [0.25, 0.3) is 11.1 Å². The number of nitrogens with zero attached hydrogens (tertiary/aromatic N) is 2. The highest BCUT2D eigenvalue weighted by molar-refractivity contribution is 5.93. The molecule has 1 radical (unpaired) electrons. The summed E-state index contributed by atoms with van der Waals surface area (Å²) >= 11 is 0. The van der Waals surface area contributed by atoms with Crippen LogP contribution in [0.1, 0.15) is 24.0 Å². The van der Waals surface area contributed by atoms with Crippen LogP contribution in [-0.4, -0.2) is 55.7 Å². The number of carbonyl (C=O) groups is 3. The topological polar surface area (TPSA) is 117 Å². The van der Waals surface area contributed by atoms with E-state index in [0.717, 1.165) is 53.9 Å². The van der Waals surface area contributed by atoms with E-state index < -0.39 is 12.0 Å². The third-order valence-electron chi connectivity index (χ3n) is 6.52. The van der Waals surface area contributed by atoms with Gasteiger partial charge in [-0.2, -0.15) is 0 Å². The van der Waals surface area contributed by atoms with Crippen LogP contribution in [-0.2, 0) is 27.3 Å². The van der Waals surface area contributed by atoms with Crippen LogP contribution in [0.3, 0.4) is 0 Å². The van der Waals surface area contributed by atoms with Gasteiger partial charge < -0.3 is 21.1 Å². The summed E-state index contributed by atoms with van der Waals surface area (Å²) in [6.45, 7) is 2.33. The lowest BCUT2D eigenvalue weighted by molar-refractivity contribution is -0.120. The van der Waals surface area contributed by atoms with Gasteiger partial charge >= 0.3 is 6.09 Å². The number of amides is 3. The summed E-state index contributed by atoms with van der Waals surface area (Å²) in [4.78, 5) is 36.7. The summed E-state index contributed by atoms with van der Waals surface area (Å²) in [5.41, 5.74) is 9.69. The molecule has 0 unspecified atom stereocenters. The zero-order valence-electron chi connectivity index (χ0n) is 22.6. The number of hydrogen-bond donors (Lipinski definition) is 3. The number of anilines is 1.